The zero-order chi connectivity index (χ0) is 19.2. The Balaban J connectivity index is 1.68. The van der Waals surface area contributed by atoms with Crippen molar-refractivity contribution in [2.45, 2.75) is 11.2 Å². The molecule has 27 heavy (non-hydrogen) atoms. The van der Waals surface area contributed by atoms with Gasteiger partial charge < -0.3 is 20.1 Å². The van der Waals surface area contributed by atoms with Gasteiger partial charge in [0.2, 0.25) is 0 Å². The van der Waals surface area contributed by atoms with Crippen LogP contribution in [0.2, 0.25) is 0 Å². The lowest BCUT2D eigenvalue weighted by Gasteiger charge is -2.18. The lowest BCUT2D eigenvalue weighted by atomic mass is 10.1. The van der Waals surface area contributed by atoms with E-state index in [0.29, 0.717) is 10.5 Å². The van der Waals surface area contributed by atoms with Crippen LogP contribution in [0.25, 0.3) is 6.08 Å². The number of rotatable bonds is 6. The van der Waals surface area contributed by atoms with Gasteiger partial charge in [0.25, 0.3) is 11.8 Å². The van der Waals surface area contributed by atoms with Crippen LogP contribution in [-0.4, -0.2) is 38.9 Å². The van der Waals surface area contributed by atoms with Crippen LogP contribution in [0.4, 0.5) is 5.69 Å². The average molecular weight is 384 g/mol. The molecule has 0 unspecified atom stereocenters. The number of methoxy groups -OCH3 is 2. The molecule has 0 saturated heterocycles. The molecule has 0 radical (unpaired) electrons. The number of benzene rings is 2. The third-order valence-electron chi connectivity index (χ3n) is 4.00. The maximum atomic E-state index is 12.3. The van der Waals surface area contributed by atoms with E-state index in [1.54, 1.807) is 24.3 Å². The van der Waals surface area contributed by atoms with Crippen molar-refractivity contribution in [3.05, 3.63) is 64.6 Å². The number of carbonyl (C=O) groups excluding carboxylic acids is 2. The van der Waals surface area contributed by atoms with Gasteiger partial charge in [-0.2, -0.15) is 0 Å². The van der Waals surface area contributed by atoms with E-state index in [0.717, 1.165) is 16.1 Å². The molecule has 0 atom stereocenters. The van der Waals surface area contributed by atoms with Gasteiger partial charge in [0.05, 0.1) is 17.1 Å². The van der Waals surface area contributed by atoms with Crippen LogP contribution in [0.15, 0.2) is 58.3 Å². The Labute approximate surface area is 161 Å². The molecule has 2 aromatic rings. The van der Waals surface area contributed by atoms with E-state index in [1.165, 1.54) is 26.0 Å². The molecule has 1 aliphatic heterocycles. The smallest absolute Gasteiger partial charge is 0.262 e. The minimum absolute atomic E-state index is 0.134. The Morgan fingerprint density at radius 3 is 2.56 bits per heavy atom. The fourth-order valence-electron chi connectivity index (χ4n) is 2.53. The second-order valence-corrected chi connectivity index (χ2v) is 6.88. The van der Waals surface area contributed by atoms with Gasteiger partial charge in [-0.3, -0.25) is 9.59 Å². The number of ether oxygens (including phenoxy) is 2. The number of hydrogen-bond acceptors (Lipinski definition) is 5. The highest BCUT2D eigenvalue weighted by atomic mass is 32.2. The van der Waals surface area contributed by atoms with Gasteiger partial charge in [-0.1, -0.05) is 36.0 Å². The Morgan fingerprint density at radius 2 is 1.85 bits per heavy atom. The van der Waals surface area contributed by atoms with E-state index in [4.69, 9.17) is 9.47 Å². The summed E-state index contributed by atoms with van der Waals surface area (Å²) in [5.74, 6) is -0.349. The average Bonchev–Trinajstić information content (AvgIpc) is 2.69. The first kappa shape index (κ1) is 19.2. The Morgan fingerprint density at radius 1 is 1.15 bits per heavy atom. The number of nitrogens with one attached hydrogen (secondary N) is 2. The fourth-order valence-corrected chi connectivity index (χ4v) is 3.48. The molecule has 0 aromatic heterocycles. The van der Waals surface area contributed by atoms with E-state index in [2.05, 4.69) is 10.6 Å². The first-order valence-corrected chi connectivity index (χ1v) is 9.16. The summed E-state index contributed by atoms with van der Waals surface area (Å²) in [7, 11) is 3.03. The molecule has 0 fully saturated rings. The first-order valence-electron chi connectivity index (χ1n) is 8.34. The molecule has 0 aliphatic carbocycles. The lowest BCUT2D eigenvalue weighted by molar-refractivity contribution is -0.112. The van der Waals surface area contributed by atoms with Crippen molar-refractivity contribution >= 4 is 35.3 Å². The largest absolute Gasteiger partial charge is 0.354 e. The third-order valence-corrected chi connectivity index (χ3v) is 5.10. The number of amides is 2. The van der Waals surface area contributed by atoms with Crippen LogP contribution in [0.1, 0.15) is 15.9 Å². The second kappa shape index (κ2) is 8.85. The zero-order valence-electron chi connectivity index (χ0n) is 15.0. The molecule has 1 heterocycles. The molecule has 0 bridgehead atoms. The molecule has 2 N–H and O–H groups in total. The number of thioether (sulfide) groups is 1. The molecule has 0 saturated carbocycles. The highest BCUT2D eigenvalue weighted by molar-refractivity contribution is 8.04. The molecule has 6 nitrogen and oxygen atoms in total. The maximum Gasteiger partial charge on any atom is 0.262 e. The number of fused-ring (bicyclic) bond motifs is 1. The van der Waals surface area contributed by atoms with Gasteiger partial charge in [0.1, 0.15) is 0 Å². The summed E-state index contributed by atoms with van der Waals surface area (Å²) in [4.78, 5) is 26.0. The molecule has 140 valence electrons. The number of para-hydroxylation sites is 1. The van der Waals surface area contributed by atoms with Crippen molar-refractivity contribution in [1.29, 1.82) is 0 Å². The van der Waals surface area contributed by atoms with E-state index in [9.17, 15) is 9.59 Å². The summed E-state index contributed by atoms with van der Waals surface area (Å²) in [5.41, 5.74) is 2.19. The number of hydrogen-bond donors (Lipinski definition) is 2. The van der Waals surface area contributed by atoms with Crippen LogP contribution in [0.3, 0.4) is 0 Å². The van der Waals surface area contributed by atoms with Crippen molar-refractivity contribution < 1.29 is 19.1 Å². The van der Waals surface area contributed by atoms with Crippen LogP contribution in [0, 0.1) is 0 Å². The Bertz CT molecular complexity index is 861. The van der Waals surface area contributed by atoms with Gasteiger partial charge in [-0.05, 0) is 35.9 Å². The Kier molecular flexibility index (Phi) is 6.28. The summed E-state index contributed by atoms with van der Waals surface area (Å²) >= 11 is 1.43. The van der Waals surface area contributed by atoms with Gasteiger partial charge in [-0.25, -0.2) is 0 Å². The molecule has 3 rings (SSSR count). The van der Waals surface area contributed by atoms with Crippen molar-refractivity contribution in [2.24, 2.45) is 0 Å². The lowest BCUT2D eigenvalue weighted by Crippen LogP contribution is -2.34. The topological polar surface area (TPSA) is 76.7 Å². The van der Waals surface area contributed by atoms with E-state index in [-0.39, 0.29) is 18.4 Å². The third kappa shape index (κ3) is 4.77. The summed E-state index contributed by atoms with van der Waals surface area (Å²) in [6.45, 7) is 0.258. The molecular weight excluding hydrogens is 364 g/mol. The minimum atomic E-state index is -0.484. The molecule has 2 aromatic carbocycles. The first-order chi connectivity index (χ1) is 13.1. The Hall–Kier alpha value is -2.61. The summed E-state index contributed by atoms with van der Waals surface area (Å²) in [6, 6.07) is 14.7. The van der Waals surface area contributed by atoms with Gasteiger partial charge in [-0.15, -0.1) is 0 Å². The van der Waals surface area contributed by atoms with Gasteiger partial charge in [0.15, 0.2) is 6.29 Å². The van der Waals surface area contributed by atoms with Crippen molar-refractivity contribution in [3.63, 3.8) is 0 Å². The quantitative estimate of drug-likeness (QED) is 0.591. The molecule has 2 amide bonds. The van der Waals surface area contributed by atoms with Crippen molar-refractivity contribution in [3.8, 4) is 0 Å². The van der Waals surface area contributed by atoms with Crippen LogP contribution >= 0.6 is 11.8 Å². The van der Waals surface area contributed by atoms with Crippen molar-refractivity contribution in [2.75, 3.05) is 26.1 Å². The van der Waals surface area contributed by atoms with Crippen LogP contribution in [0.5, 0.6) is 0 Å². The number of carbonyl (C=O) groups is 2. The van der Waals surface area contributed by atoms with Gasteiger partial charge >= 0.3 is 0 Å². The normalized spacial score (nSPS) is 14.8. The second-order valence-electron chi connectivity index (χ2n) is 5.79. The fraction of sp³-hybridized carbons (Fsp3) is 0.200. The van der Waals surface area contributed by atoms with Crippen LogP contribution < -0.4 is 10.6 Å². The van der Waals surface area contributed by atoms with E-state index >= 15 is 0 Å². The molecular formula is C20H20N2O4S. The molecule has 1 aliphatic rings. The summed E-state index contributed by atoms with van der Waals surface area (Å²) < 4.78 is 10.1. The monoisotopic (exact) mass is 384 g/mol. The maximum absolute atomic E-state index is 12.3. The van der Waals surface area contributed by atoms with E-state index in [1.807, 2.05) is 30.3 Å². The molecule has 7 heteroatoms. The number of anilines is 1. The highest BCUT2D eigenvalue weighted by Crippen LogP contribution is 2.38. The summed E-state index contributed by atoms with van der Waals surface area (Å²) in [5, 5.41) is 5.63. The minimum Gasteiger partial charge on any atom is -0.354 e. The standard InChI is InChI=1S/C20H20N2O4S/c1-25-18(26-2)12-21-19(23)14-9-7-13(8-10-14)11-17-20(24)22-15-5-3-4-6-16(15)27-17/h3-11,18H,12H2,1-2H3,(H,21,23)(H,22,24)/b17-11+. The SMILES string of the molecule is COC(CNC(=O)c1ccc(/C=C2/Sc3ccccc3NC2=O)cc1)OC. The zero-order valence-corrected chi connectivity index (χ0v) is 15.8. The highest BCUT2D eigenvalue weighted by Gasteiger charge is 2.20. The predicted octanol–water partition coefficient (Wildman–Crippen LogP) is 3.12. The van der Waals surface area contributed by atoms with Gasteiger partial charge in [0, 0.05) is 24.7 Å². The van der Waals surface area contributed by atoms with Crippen molar-refractivity contribution in [1.82, 2.24) is 5.32 Å². The predicted molar refractivity (Wildman–Crippen MR) is 105 cm³/mol. The van der Waals surface area contributed by atoms with E-state index < -0.39 is 6.29 Å². The summed E-state index contributed by atoms with van der Waals surface area (Å²) in [6.07, 6.45) is 1.33. The van der Waals surface area contributed by atoms with Crippen LogP contribution in [-0.2, 0) is 14.3 Å². The molecule has 0 spiro atoms.